The molecule has 3 rings (SSSR count). The van der Waals surface area contributed by atoms with Gasteiger partial charge < -0.3 is 19.5 Å². The van der Waals surface area contributed by atoms with Crippen molar-refractivity contribution in [1.29, 1.82) is 0 Å². The minimum absolute atomic E-state index is 0.111. The molecule has 1 fully saturated rings. The number of aryl methyl sites for hydroxylation is 1. The van der Waals surface area contributed by atoms with E-state index in [2.05, 4.69) is 12.2 Å². The predicted molar refractivity (Wildman–Crippen MR) is 109 cm³/mol. The van der Waals surface area contributed by atoms with Crippen LogP contribution in [0.15, 0.2) is 47.1 Å². The van der Waals surface area contributed by atoms with Gasteiger partial charge in [0.1, 0.15) is 5.76 Å². The van der Waals surface area contributed by atoms with E-state index in [0.717, 1.165) is 37.2 Å². The number of nitrogens with zero attached hydrogens (tertiary/aromatic N) is 2. The first kappa shape index (κ1) is 20.0. The number of carbonyl (C=O) groups is 2. The lowest BCUT2D eigenvalue weighted by molar-refractivity contribution is -0.132. The Morgan fingerprint density at radius 2 is 2.00 bits per heavy atom. The molecule has 1 saturated heterocycles. The van der Waals surface area contributed by atoms with Crippen LogP contribution in [-0.4, -0.2) is 41.4 Å². The summed E-state index contributed by atoms with van der Waals surface area (Å²) in [5.41, 5.74) is 1.82. The largest absolute Gasteiger partial charge is 0.467 e. The van der Waals surface area contributed by atoms with Gasteiger partial charge in [-0.25, -0.2) is 4.79 Å². The molecule has 3 amide bonds. The smallest absolute Gasteiger partial charge is 0.322 e. The number of hydrogen-bond donors (Lipinski definition) is 1. The van der Waals surface area contributed by atoms with Crippen molar-refractivity contribution in [2.75, 3.05) is 25.0 Å². The third kappa shape index (κ3) is 5.62. The van der Waals surface area contributed by atoms with Crippen LogP contribution in [-0.2, 0) is 11.3 Å². The molecule has 0 radical (unpaired) electrons. The fraction of sp³-hybridized carbons (Fsp3) is 0.455. The van der Waals surface area contributed by atoms with Crippen LogP contribution in [0, 0.1) is 12.8 Å². The molecule has 1 aromatic carbocycles. The zero-order valence-electron chi connectivity index (χ0n) is 16.7. The van der Waals surface area contributed by atoms with E-state index in [9.17, 15) is 9.59 Å². The molecule has 28 heavy (non-hydrogen) atoms. The van der Waals surface area contributed by atoms with Crippen LogP contribution >= 0.6 is 0 Å². The first-order valence-electron chi connectivity index (χ1n) is 9.94. The van der Waals surface area contributed by atoms with Gasteiger partial charge in [0.05, 0.1) is 12.8 Å². The van der Waals surface area contributed by atoms with Crippen molar-refractivity contribution in [3.8, 4) is 0 Å². The first-order chi connectivity index (χ1) is 13.5. The maximum atomic E-state index is 12.8. The highest BCUT2D eigenvalue weighted by atomic mass is 16.3. The quantitative estimate of drug-likeness (QED) is 0.810. The van der Waals surface area contributed by atoms with Crippen LogP contribution < -0.4 is 5.32 Å². The van der Waals surface area contributed by atoms with Crippen molar-refractivity contribution >= 4 is 17.6 Å². The lowest BCUT2D eigenvalue weighted by Gasteiger charge is -2.31. The van der Waals surface area contributed by atoms with E-state index in [1.54, 1.807) is 17.2 Å². The van der Waals surface area contributed by atoms with E-state index in [1.165, 1.54) is 0 Å². The third-order valence-corrected chi connectivity index (χ3v) is 5.22. The fourth-order valence-corrected chi connectivity index (χ4v) is 3.42. The SMILES string of the molecule is Cc1cccc(NC(=O)N(CCC(=O)N2CCC(C)CC2)Cc2ccco2)c1. The van der Waals surface area contributed by atoms with Gasteiger partial charge in [0.2, 0.25) is 5.91 Å². The van der Waals surface area contributed by atoms with Crippen molar-refractivity contribution in [2.45, 2.75) is 39.7 Å². The number of rotatable bonds is 6. The second-order valence-electron chi connectivity index (χ2n) is 7.61. The van der Waals surface area contributed by atoms with Gasteiger partial charge in [-0.2, -0.15) is 0 Å². The Morgan fingerprint density at radius 1 is 1.21 bits per heavy atom. The molecular formula is C22H29N3O3. The van der Waals surface area contributed by atoms with Gasteiger partial charge in [0.25, 0.3) is 0 Å². The summed E-state index contributed by atoms with van der Waals surface area (Å²) >= 11 is 0. The second kappa shape index (κ2) is 9.44. The van der Waals surface area contributed by atoms with Crippen LogP contribution in [0.1, 0.15) is 37.5 Å². The first-order valence-corrected chi connectivity index (χ1v) is 9.94. The molecule has 6 heteroatoms. The third-order valence-electron chi connectivity index (χ3n) is 5.22. The number of piperidine rings is 1. The lowest BCUT2D eigenvalue weighted by atomic mass is 9.99. The number of benzene rings is 1. The molecule has 2 aromatic rings. The molecule has 150 valence electrons. The number of hydrogen-bond acceptors (Lipinski definition) is 3. The Bertz CT molecular complexity index is 780. The highest BCUT2D eigenvalue weighted by Gasteiger charge is 2.22. The number of furan rings is 1. The van der Waals surface area contributed by atoms with Crippen molar-refractivity contribution < 1.29 is 14.0 Å². The molecule has 0 aliphatic carbocycles. The minimum Gasteiger partial charge on any atom is -0.467 e. The van der Waals surface area contributed by atoms with Gasteiger partial charge in [-0.3, -0.25) is 4.79 Å². The van der Waals surface area contributed by atoms with Gasteiger partial charge in [0, 0.05) is 31.7 Å². The molecule has 0 bridgehead atoms. The Kier molecular flexibility index (Phi) is 6.74. The normalized spacial score (nSPS) is 14.7. The molecule has 0 spiro atoms. The summed E-state index contributed by atoms with van der Waals surface area (Å²) in [4.78, 5) is 29.0. The van der Waals surface area contributed by atoms with Crippen molar-refractivity contribution in [1.82, 2.24) is 9.80 Å². The minimum atomic E-state index is -0.234. The van der Waals surface area contributed by atoms with Crippen molar-refractivity contribution in [3.63, 3.8) is 0 Å². The summed E-state index contributed by atoms with van der Waals surface area (Å²) in [6.45, 7) is 6.51. The van der Waals surface area contributed by atoms with Gasteiger partial charge >= 0.3 is 6.03 Å². The maximum absolute atomic E-state index is 12.8. The predicted octanol–water partition coefficient (Wildman–Crippen LogP) is 4.27. The molecule has 0 saturated carbocycles. The van der Waals surface area contributed by atoms with Crippen LogP contribution in [0.25, 0.3) is 0 Å². The van der Waals surface area contributed by atoms with Crippen LogP contribution in [0.3, 0.4) is 0 Å². The van der Waals surface area contributed by atoms with Gasteiger partial charge in [-0.15, -0.1) is 0 Å². The molecule has 0 atom stereocenters. The van der Waals surface area contributed by atoms with Crippen LogP contribution in [0.5, 0.6) is 0 Å². The molecule has 2 heterocycles. The molecule has 1 aliphatic heterocycles. The number of carbonyl (C=O) groups excluding carboxylic acids is 2. The standard InChI is InChI=1S/C22H29N3O3/c1-17-8-11-24(12-9-17)21(26)10-13-25(16-20-7-4-14-28-20)22(27)23-19-6-3-5-18(2)15-19/h3-7,14-15,17H,8-13,16H2,1-2H3,(H,23,27). The molecule has 6 nitrogen and oxygen atoms in total. The number of amides is 3. The Labute approximate surface area is 166 Å². The monoisotopic (exact) mass is 383 g/mol. The summed E-state index contributed by atoms with van der Waals surface area (Å²) in [5, 5.41) is 2.92. The summed E-state index contributed by atoms with van der Waals surface area (Å²) in [5.74, 6) is 1.48. The number of nitrogens with one attached hydrogen (secondary N) is 1. The summed E-state index contributed by atoms with van der Waals surface area (Å²) in [6.07, 6.45) is 4.01. The number of likely N-dealkylation sites (tertiary alicyclic amines) is 1. The number of anilines is 1. The van der Waals surface area contributed by atoms with E-state index in [4.69, 9.17) is 4.42 Å². The Hall–Kier alpha value is -2.76. The van der Waals surface area contributed by atoms with E-state index in [0.29, 0.717) is 31.2 Å². The molecule has 1 aromatic heterocycles. The van der Waals surface area contributed by atoms with E-state index >= 15 is 0 Å². The molecule has 0 unspecified atom stereocenters. The zero-order chi connectivity index (χ0) is 19.9. The Balaban J connectivity index is 1.61. The van der Waals surface area contributed by atoms with Gasteiger partial charge in [-0.1, -0.05) is 19.1 Å². The lowest BCUT2D eigenvalue weighted by Crippen LogP contribution is -2.41. The van der Waals surface area contributed by atoms with Crippen molar-refractivity contribution in [2.24, 2.45) is 5.92 Å². The molecule has 1 N–H and O–H groups in total. The molecule has 1 aliphatic rings. The maximum Gasteiger partial charge on any atom is 0.322 e. The van der Waals surface area contributed by atoms with Gasteiger partial charge in [-0.05, 0) is 55.5 Å². The number of urea groups is 1. The van der Waals surface area contributed by atoms with Crippen molar-refractivity contribution in [3.05, 3.63) is 54.0 Å². The second-order valence-corrected chi connectivity index (χ2v) is 7.61. The van der Waals surface area contributed by atoms with Gasteiger partial charge in [0.15, 0.2) is 0 Å². The Morgan fingerprint density at radius 3 is 2.68 bits per heavy atom. The average molecular weight is 383 g/mol. The topological polar surface area (TPSA) is 65.8 Å². The summed E-state index contributed by atoms with van der Waals surface area (Å²) in [6, 6.07) is 11.1. The summed E-state index contributed by atoms with van der Waals surface area (Å²) in [7, 11) is 0. The highest BCUT2D eigenvalue weighted by Crippen LogP contribution is 2.17. The highest BCUT2D eigenvalue weighted by molar-refractivity contribution is 5.89. The van der Waals surface area contributed by atoms with E-state index in [-0.39, 0.29) is 11.9 Å². The zero-order valence-corrected chi connectivity index (χ0v) is 16.7. The summed E-state index contributed by atoms with van der Waals surface area (Å²) < 4.78 is 5.40. The molecular weight excluding hydrogens is 354 g/mol. The van der Waals surface area contributed by atoms with E-state index in [1.807, 2.05) is 42.2 Å². The fourth-order valence-electron chi connectivity index (χ4n) is 3.42. The average Bonchev–Trinajstić information content (AvgIpc) is 3.18. The van der Waals surface area contributed by atoms with E-state index < -0.39 is 0 Å². The van der Waals surface area contributed by atoms with Crippen LogP contribution in [0.4, 0.5) is 10.5 Å². The van der Waals surface area contributed by atoms with Crippen LogP contribution in [0.2, 0.25) is 0 Å².